The molecule has 0 atom stereocenters. The molecule has 0 unspecified atom stereocenters. The topological polar surface area (TPSA) is 21.7 Å². The molecule has 0 saturated carbocycles. The molecule has 1 heterocycles. The summed E-state index contributed by atoms with van der Waals surface area (Å²) in [5.41, 5.74) is 0.131. The predicted octanol–water partition coefficient (Wildman–Crippen LogP) is 1.81. The van der Waals surface area contributed by atoms with Crippen LogP contribution in [0, 0.1) is 11.6 Å². The van der Waals surface area contributed by atoms with Gasteiger partial charge in [0.2, 0.25) is 0 Å². The molecule has 0 bridgehead atoms. The van der Waals surface area contributed by atoms with Crippen molar-refractivity contribution in [2.24, 2.45) is 0 Å². The van der Waals surface area contributed by atoms with Crippen molar-refractivity contribution in [3.63, 3.8) is 0 Å². The van der Waals surface area contributed by atoms with Crippen LogP contribution in [-0.2, 0) is 9.31 Å². The quantitative estimate of drug-likeness (QED) is 0.787. The molecule has 6 heteroatoms. The molecule has 0 aliphatic carbocycles. The van der Waals surface area contributed by atoms with Gasteiger partial charge in [-0.05, 0) is 19.0 Å². The molecule has 2 rings (SSSR count). The molecule has 1 aliphatic heterocycles. The lowest BCUT2D eigenvalue weighted by Gasteiger charge is -2.27. The van der Waals surface area contributed by atoms with Crippen molar-refractivity contribution in [3.05, 3.63) is 29.8 Å². The lowest BCUT2D eigenvalue weighted by atomic mass is 9.78. The van der Waals surface area contributed by atoms with E-state index in [0.29, 0.717) is 13.2 Å². The van der Waals surface area contributed by atoms with Crippen molar-refractivity contribution in [2.45, 2.75) is 19.8 Å². The lowest BCUT2D eigenvalue weighted by Crippen LogP contribution is -2.46. The van der Waals surface area contributed by atoms with Crippen LogP contribution in [0.25, 0.3) is 0 Å². The standard InChI is InChI=1S/C14H20BF2NO2/c1-2-3-7-18-8-10-19-15(20-11-9-18)12-5-4-6-13(16)14(12)17/h4-6H,2-3,7-11H2,1H3. The first-order valence-corrected chi connectivity index (χ1v) is 7.12. The largest absolute Gasteiger partial charge is 0.497 e. The Labute approximate surface area is 119 Å². The molecule has 0 N–H and O–H groups in total. The average Bonchev–Trinajstić information content (AvgIpc) is 2.41. The molecule has 110 valence electrons. The third-order valence-corrected chi connectivity index (χ3v) is 3.42. The Balaban J connectivity index is 1.95. The summed E-state index contributed by atoms with van der Waals surface area (Å²) >= 11 is 0. The van der Waals surface area contributed by atoms with Gasteiger partial charge < -0.3 is 9.31 Å². The minimum absolute atomic E-state index is 0.131. The summed E-state index contributed by atoms with van der Waals surface area (Å²) in [5, 5.41) is 0. The zero-order valence-corrected chi connectivity index (χ0v) is 11.8. The van der Waals surface area contributed by atoms with Crippen LogP contribution in [0.3, 0.4) is 0 Å². The SMILES string of the molecule is CCCCN1CCOB(c2cccc(F)c2F)OCC1. The molecule has 1 fully saturated rings. The highest BCUT2D eigenvalue weighted by Crippen LogP contribution is 2.07. The van der Waals surface area contributed by atoms with E-state index in [2.05, 4.69) is 11.8 Å². The first-order valence-electron chi connectivity index (χ1n) is 7.12. The summed E-state index contributed by atoms with van der Waals surface area (Å²) in [4.78, 5) is 2.27. The van der Waals surface area contributed by atoms with E-state index in [-0.39, 0.29) is 5.46 Å². The second kappa shape index (κ2) is 7.71. The van der Waals surface area contributed by atoms with Crippen LogP contribution in [0.4, 0.5) is 8.78 Å². The number of rotatable bonds is 4. The van der Waals surface area contributed by atoms with E-state index in [1.54, 1.807) is 0 Å². The van der Waals surface area contributed by atoms with E-state index >= 15 is 0 Å². The van der Waals surface area contributed by atoms with Gasteiger partial charge >= 0.3 is 7.12 Å². The molecule has 1 saturated heterocycles. The van der Waals surface area contributed by atoms with Gasteiger partial charge in [-0.1, -0.05) is 25.5 Å². The second-order valence-corrected chi connectivity index (χ2v) is 4.91. The Hall–Kier alpha value is -0.975. The zero-order valence-electron chi connectivity index (χ0n) is 11.8. The third-order valence-electron chi connectivity index (χ3n) is 3.42. The van der Waals surface area contributed by atoms with Crippen molar-refractivity contribution in [2.75, 3.05) is 32.8 Å². The van der Waals surface area contributed by atoms with Gasteiger partial charge in [0, 0.05) is 31.8 Å². The number of unbranched alkanes of at least 4 members (excludes halogenated alkanes) is 1. The van der Waals surface area contributed by atoms with E-state index in [9.17, 15) is 8.78 Å². The van der Waals surface area contributed by atoms with Gasteiger partial charge in [-0.15, -0.1) is 0 Å². The van der Waals surface area contributed by atoms with E-state index < -0.39 is 18.8 Å². The fraction of sp³-hybridized carbons (Fsp3) is 0.571. The maximum Gasteiger partial charge on any atom is 0.497 e. The third kappa shape index (κ3) is 4.01. The van der Waals surface area contributed by atoms with Crippen molar-refractivity contribution in [1.82, 2.24) is 4.90 Å². The van der Waals surface area contributed by atoms with Gasteiger partial charge in [-0.25, -0.2) is 8.78 Å². The molecular weight excluding hydrogens is 263 g/mol. The van der Waals surface area contributed by atoms with Crippen LogP contribution in [0.5, 0.6) is 0 Å². The van der Waals surface area contributed by atoms with Crippen LogP contribution in [-0.4, -0.2) is 44.9 Å². The maximum absolute atomic E-state index is 13.7. The zero-order chi connectivity index (χ0) is 14.4. The van der Waals surface area contributed by atoms with Crippen molar-refractivity contribution >= 4 is 12.6 Å². The summed E-state index contributed by atoms with van der Waals surface area (Å²) in [6.07, 6.45) is 2.29. The minimum Gasteiger partial charge on any atom is -0.406 e. The minimum atomic E-state index is -0.888. The van der Waals surface area contributed by atoms with Crippen LogP contribution in [0.1, 0.15) is 19.8 Å². The Morgan fingerprint density at radius 3 is 2.55 bits per heavy atom. The smallest absolute Gasteiger partial charge is 0.406 e. The average molecular weight is 283 g/mol. The van der Waals surface area contributed by atoms with Crippen LogP contribution in [0.15, 0.2) is 18.2 Å². The Bertz CT molecular complexity index is 424. The summed E-state index contributed by atoms with van der Waals surface area (Å²) in [7, 11) is -0.820. The fourth-order valence-corrected chi connectivity index (χ4v) is 2.23. The molecule has 0 aromatic heterocycles. The van der Waals surface area contributed by atoms with Crippen LogP contribution < -0.4 is 5.46 Å². The highest BCUT2D eigenvalue weighted by Gasteiger charge is 2.28. The van der Waals surface area contributed by atoms with Gasteiger partial charge in [-0.2, -0.15) is 0 Å². The van der Waals surface area contributed by atoms with E-state index in [0.717, 1.165) is 38.5 Å². The highest BCUT2D eigenvalue weighted by molar-refractivity contribution is 6.61. The first-order chi connectivity index (χ1) is 9.72. The van der Waals surface area contributed by atoms with Crippen molar-refractivity contribution in [1.29, 1.82) is 0 Å². The molecule has 1 aliphatic rings. The molecule has 0 amide bonds. The van der Waals surface area contributed by atoms with Crippen LogP contribution >= 0.6 is 0 Å². The van der Waals surface area contributed by atoms with Gasteiger partial charge in [0.25, 0.3) is 0 Å². The summed E-state index contributed by atoms with van der Waals surface area (Å²) < 4.78 is 38.0. The molecule has 0 spiro atoms. The fourth-order valence-electron chi connectivity index (χ4n) is 2.23. The Morgan fingerprint density at radius 2 is 1.90 bits per heavy atom. The summed E-state index contributed by atoms with van der Waals surface area (Å²) in [6.45, 7) is 5.64. The van der Waals surface area contributed by atoms with Crippen LogP contribution in [0.2, 0.25) is 0 Å². The van der Waals surface area contributed by atoms with Gasteiger partial charge in [0.15, 0.2) is 11.6 Å². The predicted molar refractivity (Wildman–Crippen MR) is 75.0 cm³/mol. The number of halogens is 2. The molecule has 1 aromatic carbocycles. The molecule has 1 aromatic rings. The van der Waals surface area contributed by atoms with E-state index in [1.807, 2.05) is 0 Å². The number of nitrogens with zero attached hydrogens (tertiary/aromatic N) is 1. The normalized spacial score (nSPS) is 17.9. The van der Waals surface area contributed by atoms with Gasteiger partial charge in [0.1, 0.15) is 0 Å². The van der Waals surface area contributed by atoms with E-state index in [4.69, 9.17) is 9.31 Å². The number of hydrogen-bond acceptors (Lipinski definition) is 3. The molecule has 0 radical (unpaired) electrons. The van der Waals surface area contributed by atoms with Crippen molar-refractivity contribution in [3.8, 4) is 0 Å². The van der Waals surface area contributed by atoms with Gasteiger partial charge in [0.05, 0.1) is 0 Å². The highest BCUT2D eigenvalue weighted by atomic mass is 19.2. The van der Waals surface area contributed by atoms with Gasteiger partial charge in [-0.3, -0.25) is 4.90 Å². The lowest BCUT2D eigenvalue weighted by molar-refractivity contribution is 0.115. The number of hydrogen-bond donors (Lipinski definition) is 0. The second-order valence-electron chi connectivity index (χ2n) is 4.91. The monoisotopic (exact) mass is 283 g/mol. The van der Waals surface area contributed by atoms with Crippen molar-refractivity contribution < 1.29 is 18.1 Å². The Morgan fingerprint density at radius 1 is 1.20 bits per heavy atom. The first kappa shape index (κ1) is 15.4. The molecule has 3 nitrogen and oxygen atoms in total. The summed E-state index contributed by atoms with van der Waals surface area (Å²) in [6, 6.07) is 4.06. The maximum atomic E-state index is 13.7. The molecular formula is C14H20BF2NO2. The Kier molecular flexibility index (Phi) is 5.95. The van der Waals surface area contributed by atoms with E-state index in [1.165, 1.54) is 12.1 Å². The summed E-state index contributed by atoms with van der Waals surface area (Å²) in [5.74, 6) is -1.76. The molecule has 20 heavy (non-hydrogen) atoms. The number of benzene rings is 1.